The summed E-state index contributed by atoms with van der Waals surface area (Å²) in [5, 5.41) is 10.7. The van der Waals surface area contributed by atoms with E-state index in [1.165, 1.54) is 40.9 Å². The number of rotatable bonds is 5. The zero-order valence-electron chi connectivity index (χ0n) is 14.7. The van der Waals surface area contributed by atoms with Crippen LogP contribution in [0.1, 0.15) is 22.8 Å². The van der Waals surface area contributed by atoms with E-state index in [-0.39, 0.29) is 17.2 Å². The van der Waals surface area contributed by atoms with Gasteiger partial charge in [0.15, 0.2) is 0 Å². The Morgan fingerprint density at radius 1 is 1.29 bits per heavy atom. The Morgan fingerprint density at radius 2 is 2.00 bits per heavy atom. The molecule has 0 radical (unpaired) electrons. The Kier molecular flexibility index (Phi) is 5.86. The Morgan fingerprint density at radius 3 is 2.61 bits per heavy atom. The highest BCUT2D eigenvalue weighted by molar-refractivity contribution is 8.26. The first-order valence-corrected chi connectivity index (χ1v) is 9.43. The molecule has 1 saturated heterocycles. The molecule has 0 aliphatic carbocycles. The molecule has 3 rings (SSSR count). The minimum absolute atomic E-state index is 0.108. The summed E-state index contributed by atoms with van der Waals surface area (Å²) in [5.41, 5.74) is 0.772. The predicted octanol–water partition coefficient (Wildman–Crippen LogP) is 4.04. The lowest BCUT2D eigenvalue weighted by atomic mass is 10.2. The molecule has 0 aromatic heterocycles. The highest BCUT2D eigenvalue weighted by Gasteiger charge is 2.30. The van der Waals surface area contributed by atoms with E-state index in [2.05, 4.69) is 0 Å². The molecule has 1 aliphatic rings. The third-order valence-electron chi connectivity index (χ3n) is 3.87. The Bertz CT molecular complexity index is 1000. The third-order valence-corrected chi connectivity index (χ3v) is 5.25. The smallest absolute Gasteiger partial charge is 0.343 e. The first kappa shape index (κ1) is 19.7. The summed E-state index contributed by atoms with van der Waals surface area (Å²) in [6.07, 6.45) is 1.69. The van der Waals surface area contributed by atoms with Gasteiger partial charge < -0.3 is 4.74 Å². The normalized spacial score (nSPS) is 15.2. The summed E-state index contributed by atoms with van der Waals surface area (Å²) in [4.78, 5) is 36.7. The number of benzene rings is 2. The molecule has 0 spiro atoms. The number of thioether (sulfide) groups is 1. The monoisotopic (exact) mass is 414 g/mol. The number of nitrogens with zero attached hydrogens (tertiary/aromatic N) is 2. The number of hydrogen-bond acceptors (Lipinski definition) is 7. The fourth-order valence-electron chi connectivity index (χ4n) is 2.48. The minimum atomic E-state index is -0.635. The molecular weight excluding hydrogens is 400 g/mol. The number of carbonyl (C=O) groups is 2. The number of nitro groups is 1. The number of nitro benzene ring substituents is 1. The van der Waals surface area contributed by atoms with E-state index in [0.717, 1.165) is 0 Å². The fraction of sp³-hybridized carbons (Fsp3) is 0.105. The lowest BCUT2D eigenvalue weighted by Crippen LogP contribution is -2.27. The van der Waals surface area contributed by atoms with Crippen LogP contribution in [0.15, 0.2) is 53.4 Å². The Hall–Kier alpha value is -3.04. The molecule has 9 heteroatoms. The standard InChI is InChI=1S/C19H14N2O5S2/c1-2-20-17(22)16(28-19(20)27)11-12-4-3-5-15(10-12)26-18(23)13-6-8-14(9-7-13)21(24)25/h3-11H,2H2,1H3/b16-11+. The van der Waals surface area contributed by atoms with Gasteiger partial charge in [0, 0.05) is 18.7 Å². The molecule has 142 valence electrons. The number of non-ortho nitro benzene ring substituents is 1. The average Bonchev–Trinajstić information content (AvgIpc) is 2.94. The lowest BCUT2D eigenvalue weighted by Gasteiger charge is -2.09. The molecule has 0 unspecified atom stereocenters. The van der Waals surface area contributed by atoms with Crippen molar-refractivity contribution in [1.82, 2.24) is 4.90 Å². The third kappa shape index (κ3) is 4.26. The number of esters is 1. The molecule has 1 aliphatic heterocycles. The zero-order valence-corrected chi connectivity index (χ0v) is 16.3. The summed E-state index contributed by atoms with van der Waals surface area (Å²) in [6, 6.07) is 11.9. The Balaban J connectivity index is 1.76. The van der Waals surface area contributed by atoms with Crippen molar-refractivity contribution in [3.8, 4) is 5.75 Å². The molecule has 0 atom stereocenters. The van der Waals surface area contributed by atoms with E-state index in [1.54, 1.807) is 30.3 Å². The summed E-state index contributed by atoms with van der Waals surface area (Å²) in [5.74, 6) is -0.488. The Labute approximate surface area is 170 Å². The highest BCUT2D eigenvalue weighted by Crippen LogP contribution is 2.32. The number of thiocarbonyl (C=S) groups is 1. The second-order valence-electron chi connectivity index (χ2n) is 5.69. The van der Waals surface area contributed by atoms with Crippen molar-refractivity contribution in [2.45, 2.75) is 6.92 Å². The van der Waals surface area contributed by atoms with E-state index in [9.17, 15) is 19.7 Å². The number of ether oxygens (including phenoxy) is 1. The van der Waals surface area contributed by atoms with Gasteiger partial charge in [0.2, 0.25) is 0 Å². The summed E-state index contributed by atoms with van der Waals surface area (Å²) < 4.78 is 5.84. The quantitative estimate of drug-likeness (QED) is 0.182. The van der Waals surface area contributed by atoms with Gasteiger partial charge in [-0.15, -0.1) is 0 Å². The molecule has 1 fully saturated rings. The molecule has 2 aromatic carbocycles. The summed E-state index contributed by atoms with van der Waals surface area (Å²) in [6.45, 7) is 2.36. The predicted molar refractivity (Wildman–Crippen MR) is 110 cm³/mol. The molecule has 1 amide bonds. The summed E-state index contributed by atoms with van der Waals surface area (Å²) in [7, 11) is 0. The maximum Gasteiger partial charge on any atom is 0.343 e. The van der Waals surface area contributed by atoms with Crippen LogP contribution in [0, 0.1) is 10.1 Å². The van der Waals surface area contributed by atoms with Gasteiger partial charge in [-0.05, 0) is 42.8 Å². The molecule has 0 saturated carbocycles. The van der Waals surface area contributed by atoms with Gasteiger partial charge in [-0.3, -0.25) is 19.8 Å². The first-order valence-electron chi connectivity index (χ1n) is 8.21. The van der Waals surface area contributed by atoms with Gasteiger partial charge in [0.1, 0.15) is 10.1 Å². The van der Waals surface area contributed by atoms with Crippen molar-refractivity contribution in [2.24, 2.45) is 0 Å². The van der Waals surface area contributed by atoms with E-state index in [0.29, 0.717) is 27.1 Å². The van der Waals surface area contributed by atoms with Crippen molar-refractivity contribution in [1.29, 1.82) is 0 Å². The number of hydrogen-bond donors (Lipinski definition) is 0. The number of carbonyl (C=O) groups excluding carboxylic acids is 2. The molecular formula is C19H14N2O5S2. The van der Waals surface area contributed by atoms with E-state index >= 15 is 0 Å². The summed E-state index contributed by atoms with van der Waals surface area (Å²) >= 11 is 6.42. The van der Waals surface area contributed by atoms with E-state index in [4.69, 9.17) is 17.0 Å². The van der Waals surface area contributed by atoms with Crippen LogP contribution in [0.4, 0.5) is 5.69 Å². The maximum absolute atomic E-state index is 12.3. The zero-order chi connectivity index (χ0) is 20.3. The molecule has 0 bridgehead atoms. The maximum atomic E-state index is 12.3. The van der Waals surface area contributed by atoms with Crippen molar-refractivity contribution in [3.05, 3.63) is 74.7 Å². The average molecular weight is 414 g/mol. The van der Waals surface area contributed by atoms with Gasteiger partial charge in [0.25, 0.3) is 11.6 Å². The number of amides is 1. The largest absolute Gasteiger partial charge is 0.423 e. The molecule has 1 heterocycles. The topological polar surface area (TPSA) is 89.8 Å². The van der Waals surface area contributed by atoms with E-state index < -0.39 is 10.9 Å². The van der Waals surface area contributed by atoms with Crippen molar-refractivity contribution in [2.75, 3.05) is 6.54 Å². The van der Waals surface area contributed by atoms with Crippen molar-refractivity contribution < 1.29 is 19.2 Å². The fourth-order valence-corrected chi connectivity index (χ4v) is 3.86. The van der Waals surface area contributed by atoms with Gasteiger partial charge in [-0.2, -0.15) is 0 Å². The van der Waals surface area contributed by atoms with E-state index in [1.807, 2.05) is 6.92 Å². The minimum Gasteiger partial charge on any atom is -0.423 e. The second kappa shape index (κ2) is 8.32. The van der Waals surface area contributed by atoms with Gasteiger partial charge >= 0.3 is 5.97 Å². The molecule has 2 aromatic rings. The molecule has 7 nitrogen and oxygen atoms in total. The van der Waals surface area contributed by atoms with Crippen LogP contribution >= 0.6 is 24.0 Å². The second-order valence-corrected chi connectivity index (χ2v) is 7.37. The lowest BCUT2D eigenvalue weighted by molar-refractivity contribution is -0.384. The number of likely N-dealkylation sites (N-methyl/N-ethyl adjacent to an activating group) is 1. The van der Waals surface area contributed by atoms with Crippen LogP contribution in [0.3, 0.4) is 0 Å². The van der Waals surface area contributed by atoms with Gasteiger partial charge in [-0.1, -0.05) is 36.1 Å². The van der Waals surface area contributed by atoms with Crippen molar-refractivity contribution in [3.63, 3.8) is 0 Å². The van der Waals surface area contributed by atoms with Crippen LogP contribution in [0.5, 0.6) is 5.75 Å². The van der Waals surface area contributed by atoms with Crippen LogP contribution in [0.25, 0.3) is 6.08 Å². The van der Waals surface area contributed by atoms with Crippen LogP contribution in [-0.2, 0) is 4.79 Å². The highest BCUT2D eigenvalue weighted by atomic mass is 32.2. The van der Waals surface area contributed by atoms with Crippen LogP contribution < -0.4 is 4.74 Å². The van der Waals surface area contributed by atoms with Crippen LogP contribution in [0.2, 0.25) is 0 Å². The molecule has 0 N–H and O–H groups in total. The van der Waals surface area contributed by atoms with Crippen molar-refractivity contribution >= 4 is 51.9 Å². The first-order chi connectivity index (χ1) is 13.4. The van der Waals surface area contributed by atoms with Crippen LogP contribution in [-0.4, -0.2) is 32.6 Å². The SMILES string of the molecule is CCN1C(=O)/C(=C\c2cccc(OC(=O)c3ccc([N+](=O)[O-])cc3)c2)SC1=S. The van der Waals surface area contributed by atoms with Gasteiger partial charge in [0.05, 0.1) is 15.4 Å². The van der Waals surface area contributed by atoms with Gasteiger partial charge in [-0.25, -0.2) is 4.79 Å². The molecule has 28 heavy (non-hydrogen) atoms.